The van der Waals surface area contributed by atoms with Gasteiger partial charge in [-0.3, -0.25) is 4.79 Å². The van der Waals surface area contributed by atoms with Crippen molar-refractivity contribution >= 4 is 5.91 Å². The van der Waals surface area contributed by atoms with Crippen LogP contribution in [0.5, 0.6) is 0 Å². The molecular formula is C14H13FN2O2. The molecule has 1 aliphatic carbocycles. The molecule has 0 spiro atoms. The first kappa shape index (κ1) is 11.9. The lowest BCUT2D eigenvalue weighted by atomic mass is 9.93. The van der Waals surface area contributed by atoms with E-state index in [1.807, 2.05) is 6.07 Å². The molecule has 3 rings (SSSR count). The molecular weight excluding hydrogens is 247 g/mol. The number of nitrogens with one attached hydrogen (secondary N) is 1. The van der Waals surface area contributed by atoms with Crippen LogP contribution in [0.15, 0.2) is 34.9 Å². The zero-order valence-electron chi connectivity index (χ0n) is 10.2. The van der Waals surface area contributed by atoms with Crippen molar-refractivity contribution < 1.29 is 13.7 Å². The highest BCUT2D eigenvalue weighted by atomic mass is 19.1. The van der Waals surface area contributed by atoms with Crippen LogP contribution in [0.1, 0.15) is 29.8 Å². The first-order valence-corrected chi connectivity index (χ1v) is 6.27. The van der Waals surface area contributed by atoms with E-state index in [4.69, 9.17) is 4.52 Å². The van der Waals surface area contributed by atoms with Crippen molar-refractivity contribution in [3.8, 4) is 11.3 Å². The van der Waals surface area contributed by atoms with Crippen LogP contribution in [0.2, 0.25) is 0 Å². The van der Waals surface area contributed by atoms with E-state index in [0.717, 1.165) is 19.3 Å². The van der Waals surface area contributed by atoms with Crippen molar-refractivity contribution in [2.75, 3.05) is 0 Å². The van der Waals surface area contributed by atoms with Crippen LogP contribution < -0.4 is 5.32 Å². The van der Waals surface area contributed by atoms with Crippen molar-refractivity contribution in [2.45, 2.75) is 25.3 Å². The summed E-state index contributed by atoms with van der Waals surface area (Å²) in [5.41, 5.74) is 0.658. The van der Waals surface area contributed by atoms with Gasteiger partial charge in [0.1, 0.15) is 0 Å². The van der Waals surface area contributed by atoms with Gasteiger partial charge in [-0.2, -0.15) is 4.39 Å². The summed E-state index contributed by atoms with van der Waals surface area (Å²) >= 11 is 0. The Labute approximate surface area is 109 Å². The van der Waals surface area contributed by atoms with Gasteiger partial charge >= 0.3 is 0 Å². The van der Waals surface area contributed by atoms with Crippen molar-refractivity contribution in [2.24, 2.45) is 0 Å². The Morgan fingerprint density at radius 3 is 2.68 bits per heavy atom. The molecule has 0 radical (unpaired) electrons. The Bertz CT molecular complexity index is 591. The summed E-state index contributed by atoms with van der Waals surface area (Å²) in [5.74, 6) is -1.58. The number of rotatable bonds is 3. The van der Waals surface area contributed by atoms with Gasteiger partial charge in [0.15, 0.2) is 5.69 Å². The molecule has 1 aliphatic rings. The van der Waals surface area contributed by atoms with Crippen LogP contribution in [-0.2, 0) is 0 Å². The maximum absolute atomic E-state index is 14.1. The number of carbonyl (C=O) groups is 1. The fourth-order valence-electron chi connectivity index (χ4n) is 2.00. The van der Waals surface area contributed by atoms with E-state index >= 15 is 0 Å². The third kappa shape index (κ3) is 2.23. The molecule has 19 heavy (non-hydrogen) atoms. The van der Waals surface area contributed by atoms with Crippen LogP contribution in [0, 0.1) is 5.82 Å². The number of hydrogen-bond donors (Lipinski definition) is 1. The molecule has 1 aromatic heterocycles. The average molecular weight is 260 g/mol. The molecule has 4 nitrogen and oxygen atoms in total. The molecule has 2 aromatic rings. The van der Waals surface area contributed by atoms with Gasteiger partial charge in [0.25, 0.3) is 11.7 Å². The summed E-state index contributed by atoms with van der Waals surface area (Å²) in [7, 11) is 0. The summed E-state index contributed by atoms with van der Waals surface area (Å²) in [6.07, 6.45) is 2.97. The van der Waals surface area contributed by atoms with E-state index in [-0.39, 0.29) is 17.5 Å². The topological polar surface area (TPSA) is 55.1 Å². The van der Waals surface area contributed by atoms with Gasteiger partial charge in [0.05, 0.1) is 0 Å². The zero-order chi connectivity index (χ0) is 13.2. The SMILES string of the molecule is O=C(NC1CCC1)c1onc(-c2ccccc2)c1F. The lowest BCUT2D eigenvalue weighted by Crippen LogP contribution is -2.39. The first-order chi connectivity index (χ1) is 9.25. The van der Waals surface area contributed by atoms with Crippen LogP contribution >= 0.6 is 0 Å². The minimum absolute atomic E-state index is 0.0689. The largest absolute Gasteiger partial charge is 0.347 e. The molecule has 0 saturated heterocycles. The summed E-state index contributed by atoms with van der Waals surface area (Å²) in [6, 6.07) is 8.95. The zero-order valence-corrected chi connectivity index (χ0v) is 10.2. The Morgan fingerprint density at radius 2 is 2.05 bits per heavy atom. The Morgan fingerprint density at radius 1 is 1.32 bits per heavy atom. The molecule has 0 aliphatic heterocycles. The smallest absolute Gasteiger partial charge is 0.293 e. The number of hydrogen-bond acceptors (Lipinski definition) is 3. The van der Waals surface area contributed by atoms with Crippen molar-refractivity contribution in [1.82, 2.24) is 10.5 Å². The number of halogens is 1. The second kappa shape index (κ2) is 4.84. The van der Waals surface area contributed by atoms with Gasteiger partial charge < -0.3 is 9.84 Å². The number of nitrogens with zero attached hydrogens (tertiary/aromatic N) is 1. The van der Waals surface area contributed by atoms with E-state index in [1.165, 1.54) is 0 Å². The van der Waals surface area contributed by atoms with Gasteiger partial charge in [0.2, 0.25) is 5.82 Å². The number of carbonyl (C=O) groups excluding carboxylic acids is 1. The Kier molecular flexibility index (Phi) is 3.03. The van der Waals surface area contributed by atoms with Gasteiger partial charge in [-0.1, -0.05) is 35.5 Å². The highest BCUT2D eigenvalue weighted by Gasteiger charge is 2.27. The summed E-state index contributed by atoms with van der Waals surface area (Å²) < 4.78 is 19.0. The van der Waals surface area contributed by atoms with Gasteiger partial charge in [-0.25, -0.2) is 0 Å². The maximum atomic E-state index is 14.1. The second-order valence-corrected chi connectivity index (χ2v) is 4.64. The Hall–Kier alpha value is -2.17. The quantitative estimate of drug-likeness (QED) is 0.923. The van der Waals surface area contributed by atoms with Crippen LogP contribution in [-0.4, -0.2) is 17.1 Å². The predicted octanol–water partition coefficient (Wildman–Crippen LogP) is 2.76. The van der Waals surface area contributed by atoms with Crippen LogP contribution in [0.4, 0.5) is 4.39 Å². The maximum Gasteiger partial charge on any atom is 0.293 e. The number of amides is 1. The van der Waals surface area contributed by atoms with Crippen molar-refractivity contribution in [3.05, 3.63) is 41.9 Å². The highest BCUT2D eigenvalue weighted by molar-refractivity contribution is 5.93. The summed E-state index contributed by atoms with van der Waals surface area (Å²) in [4.78, 5) is 11.8. The number of benzene rings is 1. The minimum atomic E-state index is -0.706. The van der Waals surface area contributed by atoms with E-state index < -0.39 is 11.7 Å². The number of aromatic nitrogens is 1. The molecule has 0 bridgehead atoms. The minimum Gasteiger partial charge on any atom is -0.347 e. The normalized spacial score (nSPS) is 15.0. The Balaban J connectivity index is 1.84. The molecule has 5 heteroatoms. The molecule has 1 N–H and O–H groups in total. The van der Waals surface area contributed by atoms with Crippen molar-refractivity contribution in [3.63, 3.8) is 0 Å². The second-order valence-electron chi connectivity index (χ2n) is 4.64. The molecule has 1 heterocycles. The van der Waals surface area contributed by atoms with Crippen molar-refractivity contribution in [1.29, 1.82) is 0 Å². The lowest BCUT2D eigenvalue weighted by molar-refractivity contribution is 0.0873. The van der Waals surface area contributed by atoms with Crippen LogP contribution in [0.25, 0.3) is 11.3 Å². The van der Waals surface area contributed by atoms with Gasteiger partial charge in [-0.15, -0.1) is 0 Å². The molecule has 0 atom stereocenters. The summed E-state index contributed by atoms with van der Waals surface area (Å²) in [5, 5.41) is 6.37. The highest BCUT2D eigenvalue weighted by Crippen LogP contribution is 2.24. The average Bonchev–Trinajstić information content (AvgIpc) is 2.77. The third-order valence-corrected chi connectivity index (χ3v) is 3.33. The fourth-order valence-corrected chi connectivity index (χ4v) is 2.00. The molecule has 1 aromatic carbocycles. The standard InChI is InChI=1S/C14H13FN2O2/c15-11-12(9-5-2-1-3-6-9)17-19-13(11)14(18)16-10-7-4-8-10/h1-3,5-6,10H,4,7-8H2,(H,16,18). The summed E-state index contributed by atoms with van der Waals surface area (Å²) in [6.45, 7) is 0. The lowest BCUT2D eigenvalue weighted by Gasteiger charge is -2.25. The van der Waals surface area contributed by atoms with E-state index in [9.17, 15) is 9.18 Å². The van der Waals surface area contributed by atoms with Gasteiger partial charge in [0, 0.05) is 11.6 Å². The fraction of sp³-hybridized carbons (Fsp3) is 0.286. The monoisotopic (exact) mass is 260 g/mol. The van der Waals surface area contributed by atoms with E-state index in [0.29, 0.717) is 5.56 Å². The predicted molar refractivity (Wildman–Crippen MR) is 67.0 cm³/mol. The van der Waals surface area contributed by atoms with Crippen LogP contribution in [0.3, 0.4) is 0 Å². The molecule has 98 valence electrons. The molecule has 0 unspecified atom stereocenters. The molecule has 1 saturated carbocycles. The van der Waals surface area contributed by atoms with E-state index in [1.54, 1.807) is 24.3 Å². The third-order valence-electron chi connectivity index (χ3n) is 3.33. The molecule has 1 fully saturated rings. The first-order valence-electron chi connectivity index (χ1n) is 6.27. The van der Waals surface area contributed by atoms with Gasteiger partial charge in [-0.05, 0) is 19.3 Å². The van der Waals surface area contributed by atoms with E-state index in [2.05, 4.69) is 10.5 Å². The molecule has 1 amide bonds.